The molecule has 3 rings (SSSR count). The zero-order valence-electron chi connectivity index (χ0n) is 13.0. The van der Waals surface area contributed by atoms with Crippen molar-refractivity contribution in [1.29, 1.82) is 0 Å². The maximum Gasteiger partial charge on any atom is 0.250 e. The van der Waals surface area contributed by atoms with Crippen molar-refractivity contribution in [1.82, 2.24) is 14.3 Å². The van der Waals surface area contributed by atoms with Crippen molar-refractivity contribution in [2.24, 2.45) is 7.05 Å². The third kappa shape index (κ3) is 3.21. The van der Waals surface area contributed by atoms with E-state index in [9.17, 15) is 4.79 Å². The summed E-state index contributed by atoms with van der Waals surface area (Å²) < 4.78 is 3.48. The van der Waals surface area contributed by atoms with Crippen LogP contribution in [0.25, 0.3) is 10.9 Å². The average Bonchev–Trinajstić information content (AvgIpc) is 2.87. The molecule has 0 saturated carbocycles. The molecule has 0 aliphatic rings. The lowest BCUT2D eigenvalue weighted by Gasteiger charge is -2.05. The van der Waals surface area contributed by atoms with Crippen LogP contribution in [0.4, 0.5) is 0 Å². The molecule has 0 bridgehead atoms. The second kappa shape index (κ2) is 6.39. The summed E-state index contributed by atoms with van der Waals surface area (Å²) in [7, 11) is 1.75. The molecule has 0 N–H and O–H groups in total. The van der Waals surface area contributed by atoms with Gasteiger partial charge in [0.2, 0.25) is 0 Å². The SMILES string of the molecule is CC.Cc1ccc2c(cnn2Cc2ccn(C)c(=O)c2)c1. The molecule has 3 aromatic rings. The van der Waals surface area contributed by atoms with Crippen molar-refractivity contribution in [2.75, 3.05) is 0 Å². The van der Waals surface area contributed by atoms with Crippen molar-refractivity contribution in [3.8, 4) is 0 Å². The number of pyridine rings is 1. The first-order chi connectivity index (χ1) is 10.1. The summed E-state index contributed by atoms with van der Waals surface area (Å²) in [6.07, 6.45) is 3.65. The Labute approximate surface area is 124 Å². The molecule has 2 aromatic heterocycles. The third-order valence-electron chi connectivity index (χ3n) is 3.30. The largest absolute Gasteiger partial charge is 0.319 e. The molecule has 4 nitrogen and oxygen atoms in total. The molecule has 0 unspecified atom stereocenters. The highest BCUT2D eigenvalue weighted by Gasteiger charge is 2.04. The molecule has 0 spiro atoms. The smallest absolute Gasteiger partial charge is 0.250 e. The molecule has 0 atom stereocenters. The zero-order valence-corrected chi connectivity index (χ0v) is 13.0. The highest BCUT2D eigenvalue weighted by Crippen LogP contribution is 2.16. The Balaban J connectivity index is 0.000000774. The topological polar surface area (TPSA) is 39.8 Å². The van der Waals surface area contributed by atoms with E-state index in [0.29, 0.717) is 6.54 Å². The summed E-state index contributed by atoms with van der Waals surface area (Å²) in [5.74, 6) is 0. The summed E-state index contributed by atoms with van der Waals surface area (Å²) in [6, 6.07) is 9.86. The molecule has 0 aliphatic heterocycles. The lowest BCUT2D eigenvalue weighted by atomic mass is 10.2. The number of fused-ring (bicyclic) bond motifs is 1. The van der Waals surface area contributed by atoms with E-state index in [0.717, 1.165) is 16.5 Å². The monoisotopic (exact) mass is 283 g/mol. The van der Waals surface area contributed by atoms with Crippen LogP contribution in [0.2, 0.25) is 0 Å². The van der Waals surface area contributed by atoms with Crippen molar-refractivity contribution in [3.63, 3.8) is 0 Å². The molecule has 0 radical (unpaired) electrons. The van der Waals surface area contributed by atoms with Gasteiger partial charge in [0.25, 0.3) is 5.56 Å². The Kier molecular flexibility index (Phi) is 4.58. The molecule has 4 heteroatoms. The second-order valence-corrected chi connectivity index (χ2v) is 4.85. The standard InChI is InChI=1S/C15H15N3O.C2H6/c1-11-3-4-14-13(7-11)9-16-18(14)10-12-5-6-17(2)15(19)8-12;1-2/h3-9H,10H2,1-2H3;1-2H3. The van der Waals surface area contributed by atoms with Crippen LogP contribution in [0, 0.1) is 6.92 Å². The fourth-order valence-corrected chi connectivity index (χ4v) is 2.19. The second-order valence-electron chi connectivity index (χ2n) is 4.85. The number of aromatic nitrogens is 3. The van der Waals surface area contributed by atoms with Gasteiger partial charge in [-0.2, -0.15) is 5.10 Å². The lowest BCUT2D eigenvalue weighted by Crippen LogP contribution is -2.16. The van der Waals surface area contributed by atoms with E-state index in [-0.39, 0.29) is 5.56 Å². The summed E-state index contributed by atoms with van der Waals surface area (Å²) in [5.41, 5.74) is 3.28. The molecule has 0 saturated heterocycles. The van der Waals surface area contributed by atoms with Crippen LogP contribution >= 0.6 is 0 Å². The van der Waals surface area contributed by atoms with Crippen molar-refractivity contribution in [3.05, 3.63) is 64.2 Å². The van der Waals surface area contributed by atoms with Crippen LogP contribution in [0.1, 0.15) is 25.0 Å². The highest BCUT2D eigenvalue weighted by atomic mass is 16.1. The number of hydrogen-bond acceptors (Lipinski definition) is 2. The van der Waals surface area contributed by atoms with Gasteiger partial charge < -0.3 is 4.57 Å². The third-order valence-corrected chi connectivity index (χ3v) is 3.30. The van der Waals surface area contributed by atoms with Gasteiger partial charge in [-0.05, 0) is 30.7 Å². The first-order valence-corrected chi connectivity index (χ1v) is 7.21. The quantitative estimate of drug-likeness (QED) is 0.725. The van der Waals surface area contributed by atoms with Gasteiger partial charge in [0.15, 0.2) is 0 Å². The van der Waals surface area contributed by atoms with Crippen LogP contribution in [0.3, 0.4) is 0 Å². The van der Waals surface area contributed by atoms with Crippen LogP contribution in [-0.4, -0.2) is 14.3 Å². The predicted molar refractivity (Wildman–Crippen MR) is 86.6 cm³/mol. The Bertz CT molecular complexity index is 799. The van der Waals surface area contributed by atoms with Crippen molar-refractivity contribution in [2.45, 2.75) is 27.3 Å². The van der Waals surface area contributed by atoms with Crippen LogP contribution < -0.4 is 5.56 Å². The zero-order chi connectivity index (χ0) is 15.4. The molecule has 0 amide bonds. The van der Waals surface area contributed by atoms with E-state index in [2.05, 4.69) is 30.2 Å². The van der Waals surface area contributed by atoms with Crippen LogP contribution in [0.15, 0.2) is 47.5 Å². The molecule has 0 aliphatic carbocycles. The fourth-order valence-electron chi connectivity index (χ4n) is 2.19. The molecule has 1 aromatic carbocycles. The van der Waals surface area contributed by atoms with E-state index < -0.39 is 0 Å². The Morgan fingerprint density at radius 2 is 1.90 bits per heavy atom. The Morgan fingerprint density at radius 3 is 2.62 bits per heavy atom. The Hall–Kier alpha value is -2.36. The first-order valence-electron chi connectivity index (χ1n) is 7.21. The molecule has 110 valence electrons. The minimum Gasteiger partial charge on any atom is -0.319 e. The summed E-state index contributed by atoms with van der Waals surface area (Å²) in [5, 5.41) is 5.52. The van der Waals surface area contributed by atoms with Gasteiger partial charge >= 0.3 is 0 Å². The molecule has 21 heavy (non-hydrogen) atoms. The Morgan fingerprint density at radius 1 is 1.14 bits per heavy atom. The van der Waals surface area contributed by atoms with E-state index in [1.165, 1.54) is 5.56 Å². The molecular formula is C17H21N3O. The highest BCUT2D eigenvalue weighted by molar-refractivity contribution is 5.79. The predicted octanol–water partition coefficient (Wildman–Crippen LogP) is 3.12. The van der Waals surface area contributed by atoms with Crippen LogP contribution in [0.5, 0.6) is 0 Å². The van der Waals surface area contributed by atoms with Gasteiger partial charge in [0, 0.05) is 24.7 Å². The van der Waals surface area contributed by atoms with Crippen molar-refractivity contribution >= 4 is 10.9 Å². The van der Waals surface area contributed by atoms with Gasteiger partial charge in [-0.1, -0.05) is 25.5 Å². The number of hydrogen-bond donors (Lipinski definition) is 0. The first kappa shape index (κ1) is 15.0. The van der Waals surface area contributed by atoms with E-state index in [1.54, 1.807) is 23.9 Å². The van der Waals surface area contributed by atoms with Gasteiger partial charge in [-0.15, -0.1) is 0 Å². The number of rotatable bonds is 2. The van der Waals surface area contributed by atoms with Gasteiger partial charge in [0.1, 0.15) is 0 Å². The summed E-state index contributed by atoms with van der Waals surface area (Å²) in [6.45, 7) is 6.68. The summed E-state index contributed by atoms with van der Waals surface area (Å²) >= 11 is 0. The minimum absolute atomic E-state index is 0.00445. The maximum atomic E-state index is 11.6. The fraction of sp³-hybridized carbons (Fsp3) is 0.294. The molecular weight excluding hydrogens is 262 g/mol. The molecule has 2 heterocycles. The van der Waals surface area contributed by atoms with Gasteiger partial charge in [0.05, 0.1) is 18.3 Å². The van der Waals surface area contributed by atoms with E-state index in [4.69, 9.17) is 0 Å². The van der Waals surface area contributed by atoms with Crippen molar-refractivity contribution < 1.29 is 0 Å². The number of nitrogens with zero attached hydrogens (tertiary/aromatic N) is 3. The maximum absolute atomic E-state index is 11.6. The van der Waals surface area contributed by atoms with Crippen LogP contribution in [-0.2, 0) is 13.6 Å². The van der Waals surface area contributed by atoms with Gasteiger partial charge in [-0.3, -0.25) is 9.48 Å². The van der Waals surface area contributed by atoms with E-state index >= 15 is 0 Å². The normalized spacial score (nSPS) is 10.3. The number of aryl methyl sites for hydroxylation is 2. The lowest BCUT2D eigenvalue weighted by molar-refractivity contribution is 0.706. The van der Waals surface area contributed by atoms with Gasteiger partial charge in [-0.25, -0.2) is 0 Å². The minimum atomic E-state index is 0.00445. The summed E-state index contributed by atoms with van der Waals surface area (Å²) in [4.78, 5) is 11.6. The number of benzene rings is 1. The van der Waals surface area contributed by atoms with E-state index in [1.807, 2.05) is 30.8 Å². The average molecular weight is 283 g/mol. The molecule has 0 fully saturated rings.